The summed E-state index contributed by atoms with van der Waals surface area (Å²) in [7, 11) is 0. The van der Waals surface area contributed by atoms with Crippen LogP contribution in [0.4, 0.5) is 0 Å². The maximum Gasteiger partial charge on any atom is 0.311 e. The molecule has 1 aliphatic heterocycles. The zero-order valence-corrected chi connectivity index (χ0v) is 21.8. The normalized spacial score (nSPS) is 14.8. The molecule has 1 amide bonds. The van der Waals surface area contributed by atoms with Crippen LogP contribution in [0.25, 0.3) is 0 Å². The van der Waals surface area contributed by atoms with Crippen LogP contribution in [0.1, 0.15) is 54.6 Å². The molecular formula is C29H30ClNO6. The van der Waals surface area contributed by atoms with Crippen molar-refractivity contribution in [3.63, 3.8) is 0 Å². The molecule has 2 N–H and O–H groups in total. The van der Waals surface area contributed by atoms with E-state index >= 15 is 0 Å². The molecule has 37 heavy (non-hydrogen) atoms. The molecule has 1 heterocycles. The van der Waals surface area contributed by atoms with Gasteiger partial charge in [0.15, 0.2) is 0 Å². The Bertz CT molecular complexity index is 1280. The first-order valence-electron chi connectivity index (χ1n) is 12.1. The van der Waals surface area contributed by atoms with Crippen molar-refractivity contribution in [2.45, 2.75) is 45.1 Å². The molecule has 194 valence electrons. The van der Waals surface area contributed by atoms with E-state index in [1.165, 1.54) is 0 Å². The Balaban J connectivity index is 1.36. The summed E-state index contributed by atoms with van der Waals surface area (Å²) in [4.78, 5) is 24.2. The molecule has 1 aliphatic rings. The van der Waals surface area contributed by atoms with Crippen molar-refractivity contribution >= 4 is 23.5 Å². The fourth-order valence-electron chi connectivity index (χ4n) is 4.08. The fraction of sp³-hybridized carbons (Fsp3) is 0.310. The highest BCUT2D eigenvalue weighted by Gasteiger charge is 2.29. The number of carboxylic acid groups (broad SMARTS) is 1. The number of aliphatic carboxylic acids is 1. The first-order valence-corrected chi connectivity index (χ1v) is 12.5. The Kier molecular flexibility index (Phi) is 7.93. The SMILES string of the molecule is CC(C)(C)Oc1ccccc1CCNC(=O)c1ccc(Oc2cc3c(cc2Cl)C(C(=O)O)CCO3)cc1. The van der Waals surface area contributed by atoms with E-state index in [2.05, 4.69) is 5.32 Å². The summed E-state index contributed by atoms with van der Waals surface area (Å²) in [5.74, 6) is 0.329. The monoisotopic (exact) mass is 523 g/mol. The third-order valence-corrected chi connectivity index (χ3v) is 6.11. The number of carbonyl (C=O) groups excluding carboxylic acids is 1. The van der Waals surface area contributed by atoms with Gasteiger partial charge in [-0.25, -0.2) is 0 Å². The Morgan fingerprint density at radius 2 is 1.81 bits per heavy atom. The van der Waals surface area contributed by atoms with Gasteiger partial charge in [0.2, 0.25) is 0 Å². The van der Waals surface area contributed by atoms with Crippen LogP contribution < -0.4 is 19.5 Å². The van der Waals surface area contributed by atoms with E-state index in [0.29, 0.717) is 54.4 Å². The average molecular weight is 524 g/mol. The predicted molar refractivity (Wildman–Crippen MR) is 141 cm³/mol. The van der Waals surface area contributed by atoms with Crippen LogP contribution in [-0.2, 0) is 11.2 Å². The number of hydrogen-bond acceptors (Lipinski definition) is 5. The van der Waals surface area contributed by atoms with E-state index in [1.54, 1.807) is 36.4 Å². The summed E-state index contributed by atoms with van der Waals surface area (Å²) < 4.78 is 17.5. The number of para-hydroxylation sites is 1. The van der Waals surface area contributed by atoms with Crippen LogP contribution >= 0.6 is 11.6 Å². The minimum absolute atomic E-state index is 0.194. The molecular weight excluding hydrogens is 494 g/mol. The Morgan fingerprint density at radius 1 is 1.08 bits per heavy atom. The van der Waals surface area contributed by atoms with Gasteiger partial charge in [0.1, 0.15) is 28.6 Å². The predicted octanol–water partition coefficient (Wildman–Crippen LogP) is 6.23. The van der Waals surface area contributed by atoms with Gasteiger partial charge in [-0.15, -0.1) is 0 Å². The van der Waals surface area contributed by atoms with Gasteiger partial charge in [0, 0.05) is 23.7 Å². The number of nitrogens with one attached hydrogen (secondary N) is 1. The molecule has 3 aromatic rings. The summed E-state index contributed by atoms with van der Waals surface area (Å²) in [5.41, 5.74) is 1.76. The van der Waals surface area contributed by atoms with E-state index in [4.69, 9.17) is 25.8 Å². The number of fused-ring (bicyclic) bond motifs is 1. The fourth-order valence-corrected chi connectivity index (χ4v) is 4.29. The Hall–Kier alpha value is -3.71. The largest absolute Gasteiger partial charge is 0.493 e. The van der Waals surface area contributed by atoms with Crippen LogP contribution in [0, 0.1) is 0 Å². The second kappa shape index (κ2) is 11.1. The minimum atomic E-state index is -0.911. The third-order valence-electron chi connectivity index (χ3n) is 5.81. The van der Waals surface area contributed by atoms with E-state index < -0.39 is 11.9 Å². The van der Waals surface area contributed by atoms with E-state index in [9.17, 15) is 14.7 Å². The molecule has 0 saturated heterocycles. The number of amides is 1. The molecule has 4 rings (SSSR count). The van der Waals surface area contributed by atoms with Crippen LogP contribution in [0.3, 0.4) is 0 Å². The van der Waals surface area contributed by atoms with Gasteiger partial charge in [-0.3, -0.25) is 9.59 Å². The summed E-state index contributed by atoms with van der Waals surface area (Å²) in [6, 6.07) is 17.7. The number of ether oxygens (including phenoxy) is 3. The molecule has 0 radical (unpaired) electrons. The minimum Gasteiger partial charge on any atom is -0.493 e. The van der Waals surface area contributed by atoms with E-state index in [-0.39, 0.29) is 16.5 Å². The summed E-state index contributed by atoms with van der Waals surface area (Å²) >= 11 is 6.37. The molecule has 7 nitrogen and oxygen atoms in total. The molecule has 0 saturated carbocycles. The van der Waals surface area contributed by atoms with Gasteiger partial charge < -0.3 is 24.6 Å². The average Bonchev–Trinajstić information content (AvgIpc) is 2.84. The molecule has 8 heteroatoms. The van der Waals surface area contributed by atoms with Gasteiger partial charge in [-0.05, 0) is 75.6 Å². The number of halogens is 1. The lowest BCUT2D eigenvalue weighted by Gasteiger charge is -2.24. The van der Waals surface area contributed by atoms with Crippen LogP contribution in [-0.4, -0.2) is 35.7 Å². The van der Waals surface area contributed by atoms with Crippen LogP contribution in [0.5, 0.6) is 23.0 Å². The molecule has 3 aromatic carbocycles. The number of hydrogen-bond donors (Lipinski definition) is 2. The Labute approximate surface area is 221 Å². The highest BCUT2D eigenvalue weighted by atomic mass is 35.5. The molecule has 0 bridgehead atoms. The third kappa shape index (κ3) is 6.74. The number of rotatable bonds is 8. The van der Waals surface area contributed by atoms with Crippen molar-refractivity contribution in [2.75, 3.05) is 13.2 Å². The van der Waals surface area contributed by atoms with Gasteiger partial charge in [0.05, 0.1) is 17.5 Å². The van der Waals surface area contributed by atoms with Crippen molar-refractivity contribution in [1.29, 1.82) is 0 Å². The number of benzene rings is 3. The highest BCUT2D eigenvalue weighted by molar-refractivity contribution is 6.32. The zero-order valence-electron chi connectivity index (χ0n) is 21.0. The maximum absolute atomic E-state index is 12.6. The molecule has 0 aromatic heterocycles. The highest BCUT2D eigenvalue weighted by Crippen LogP contribution is 2.41. The van der Waals surface area contributed by atoms with Crippen LogP contribution in [0.15, 0.2) is 60.7 Å². The van der Waals surface area contributed by atoms with Gasteiger partial charge >= 0.3 is 5.97 Å². The molecule has 0 aliphatic carbocycles. The lowest BCUT2D eigenvalue weighted by molar-refractivity contribution is -0.139. The van der Waals surface area contributed by atoms with Gasteiger partial charge in [-0.1, -0.05) is 29.8 Å². The quantitative estimate of drug-likeness (QED) is 0.363. The zero-order chi connectivity index (χ0) is 26.6. The number of carbonyl (C=O) groups is 2. The lowest BCUT2D eigenvalue weighted by Crippen LogP contribution is -2.27. The molecule has 1 atom stereocenters. The Morgan fingerprint density at radius 3 is 2.51 bits per heavy atom. The second-order valence-electron chi connectivity index (χ2n) is 9.80. The second-order valence-corrected chi connectivity index (χ2v) is 10.2. The van der Waals surface area contributed by atoms with Crippen molar-refractivity contribution in [2.24, 2.45) is 0 Å². The van der Waals surface area contributed by atoms with Crippen molar-refractivity contribution in [1.82, 2.24) is 5.32 Å². The maximum atomic E-state index is 12.6. The smallest absolute Gasteiger partial charge is 0.311 e. The molecule has 0 fully saturated rings. The van der Waals surface area contributed by atoms with Crippen LogP contribution in [0.2, 0.25) is 5.02 Å². The van der Waals surface area contributed by atoms with Gasteiger partial charge in [0.25, 0.3) is 5.91 Å². The topological polar surface area (TPSA) is 94.1 Å². The number of carboxylic acids is 1. The molecule has 0 spiro atoms. The first-order chi connectivity index (χ1) is 17.6. The van der Waals surface area contributed by atoms with E-state index in [0.717, 1.165) is 11.3 Å². The van der Waals surface area contributed by atoms with E-state index in [1.807, 2.05) is 45.0 Å². The van der Waals surface area contributed by atoms with Crippen molar-refractivity contribution in [3.8, 4) is 23.0 Å². The lowest BCUT2D eigenvalue weighted by atomic mass is 9.93. The molecule has 1 unspecified atom stereocenters. The summed E-state index contributed by atoms with van der Waals surface area (Å²) in [6.07, 6.45) is 1.03. The summed E-state index contributed by atoms with van der Waals surface area (Å²) in [6.45, 7) is 6.77. The van der Waals surface area contributed by atoms with Gasteiger partial charge in [-0.2, -0.15) is 0 Å². The standard InChI is InChI=1S/C29H30ClNO6/c1-29(2,3)37-24-7-5-4-6-18(24)12-14-31-27(32)19-8-10-20(11-9-19)36-26-17-25-22(16-23(26)30)21(28(33)34)13-15-35-25/h4-11,16-17,21H,12-15H2,1-3H3,(H,31,32)(H,33,34). The first kappa shape index (κ1) is 26.4. The van der Waals surface area contributed by atoms with Crippen molar-refractivity contribution in [3.05, 3.63) is 82.4 Å². The van der Waals surface area contributed by atoms with Crippen molar-refractivity contribution < 1.29 is 28.9 Å². The summed E-state index contributed by atoms with van der Waals surface area (Å²) in [5, 5.41) is 12.7.